The maximum absolute atomic E-state index is 4.87. The van der Waals surface area contributed by atoms with Crippen LogP contribution in [-0.4, -0.2) is 5.71 Å². The van der Waals surface area contributed by atoms with Gasteiger partial charge in [0.25, 0.3) is 0 Å². The van der Waals surface area contributed by atoms with E-state index in [9.17, 15) is 0 Å². The van der Waals surface area contributed by atoms with Crippen LogP contribution in [0.4, 0.5) is 0 Å². The van der Waals surface area contributed by atoms with Crippen molar-refractivity contribution in [1.29, 1.82) is 0 Å². The molecule has 2 rings (SSSR count). The number of hydrogen-bond acceptors (Lipinski definition) is 1. The quantitative estimate of drug-likeness (QED) is 0.693. The third-order valence-electron chi connectivity index (χ3n) is 3.40. The molecule has 0 aromatic heterocycles. The lowest BCUT2D eigenvalue weighted by Gasteiger charge is -2.20. The summed E-state index contributed by atoms with van der Waals surface area (Å²) in [4.78, 5) is 4.87. The van der Waals surface area contributed by atoms with E-state index in [1.165, 1.54) is 37.0 Å². The first kappa shape index (κ1) is 11.4. The van der Waals surface area contributed by atoms with Crippen molar-refractivity contribution in [1.82, 2.24) is 0 Å². The molecule has 16 heavy (non-hydrogen) atoms. The van der Waals surface area contributed by atoms with E-state index < -0.39 is 0 Å². The molecule has 0 heterocycles. The zero-order valence-electron chi connectivity index (χ0n) is 10.3. The molecule has 0 bridgehead atoms. The molecular formula is C15H21N. The van der Waals surface area contributed by atoms with Gasteiger partial charge in [0.2, 0.25) is 0 Å². The Hall–Kier alpha value is -1.11. The number of benzene rings is 1. The van der Waals surface area contributed by atoms with Gasteiger partial charge in [0.05, 0.1) is 6.04 Å². The molecule has 2 atom stereocenters. The molecule has 0 unspecified atom stereocenters. The predicted octanol–water partition coefficient (Wildman–Crippen LogP) is 4.40. The molecule has 1 nitrogen and oxygen atoms in total. The van der Waals surface area contributed by atoms with Crippen molar-refractivity contribution in [2.24, 2.45) is 10.9 Å². The highest BCUT2D eigenvalue weighted by molar-refractivity contribution is 5.85. The standard InChI is InChI=1S/C15H21N/c1-12-7-6-10-15(11-12)16-13(2)14-8-4-3-5-9-14/h3-5,8-9,12-13H,6-7,10-11H2,1-2H3/t12-,13+/m1/s1. The molecule has 1 aliphatic rings. The van der Waals surface area contributed by atoms with Crippen LogP contribution in [0.5, 0.6) is 0 Å². The van der Waals surface area contributed by atoms with E-state index in [4.69, 9.17) is 4.99 Å². The van der Waals surface area contributed by atoms with Gasteiger partial charge in [-0.05, 0) is 44.1 Å². The van der Waals surface area contributed by atoms with Gasteiger partial charge in [-0.25, -0.2) is 0 Å². The highest BCUT2D eigenvalue weighted by Gasteiger charge is 2.14. The second-order valence-electron chi connectivity index (χ2n) is 4.98. The Balaban J connectivity index is 2.05. The van der Waals surface area contributed by atoms with Crippen LogP contribution in [0, 0.1) is 5.92 Å². The van der Waals surface area contributed by atoms with Gasteiger partial charge in [-0.1, -0.05) is 37.3 Å². The van der Waals surface area contributed by atoms with E-state index in [0.29, 0.717) is 6.04 Å². The smallest absolute Gasteiger partial charge is 0.0720 e. The zero-order chi connectivity index (χ0) is 11.4. The van der Waals surface area contributed by atoms with Crippen LogP contribution in [0.25, 0.3) is 0 Å². The molecule has 1 saturated carbocycles. The lowest BCUT2D eigenvalue weighted by Crippen LogP contribution is -2.13. The third-order valence-corrected chi connectivity index (χ3v) is 3.40. The van der Waals surface area contributed by atoms with E-state index in [1.54, 1.807) is 0 Å². The van der Waals surface area contributed by atoms with Crippen LogP contribution in [-0.2, 0) is 0 Å². The summed E-state index contributed by atoms with van der Waals surface area (Å²) in [6, 6.07) is 10.9. The number of rotatable bonds is 2. The monoisotopic (exact) mass is 215 g/mol. The first-order valence-electron chi connectivity index (χ1n) is 6.36. The van der Waals surface area contributed by atoms with Crippen molar-refractivity contribution >= 4 is 5.71 Å². The molecule has 0 N–H and O–H groups in total. The van der Waals surface area contributed by atoms with E-state index in [1.807, 2.05) is 0 Å². The minimum atomic E-state index is 0.321. The minimum Gasteiger partial charge on any atom is -0.286 e. The summed E-state index contributed by atoms with van der Waals surface area (Å²) in [5.74, 6) is 0.829. The van der Waals surface area contributed by atoms with Gasteiger partial charge >= 0.3 is 0 Å². The van der Waals surface area contributed by atoms with Gasteiger partial charge in [0.15, 0.2) is 0 Å². The Morgan fingerprint density at radius 2 is 2.00 bits per heavy atom. The molecule has 0 amide bonds. The first-order chi connectivity index (χ1) is 7.75. The van der Waals surface area contributed by atoms with Crippen molar-refractivity contribution in [3.05, 3.63) is 35.9 Å². The largest absolute Gasteiger partial charge is 0.286 e. The molecule has 86 valence electrons. The van der Waals surface area contributed by atoms with E-state index in [2.05, 4.69) is 44.2 Å². The maximum atomic E-state index is 4.87. The van der Waals surface area contributed by atoms with Crippen LogP contribution in [0.2, 0.25) is 0 Å². The minimum absolute atomic E-state index is 0.321. The topological polar surface area (TPSA) is 12.4 Å². The highest BCUT2D eigenvalue weighted by Crippen LogP contribution is 2.24. The molecule has 0 spiro atoms. The van der Waals surface area contributed by atoms with Gasteiger partial charge in [0, 0.05) is 5.71 Å². The first-order valence-corrected chi connectivity index (χ1v) is 6.36. The van der Waals surface area contributed by atoms with Crippen molar-refractivity contribution < 1.29 is 0 Å². The molecule has 1 fully saturated rings. The maximum Gasteiger partial charge on any atom is 0.0720 e. The van der Waals surface area contributed by atoms with Gasteiger partial charge in [-0.2, -0.15) is 0 Å². The lowest BCUT2D eigenvalue weighted by molar-refractivity contribution is 0.497. The fraction of sp³-hybridized carbons (Fsp3) is 0.533. The Morgan fingerprint density at radius 3 is 2.69 bits per heavy atom. The summed E-state index contributed by atoms with van der Waals surface area (Å²) < 4.78 is 0. The molecule has 1 aliphatic carbocycles. The molecule has 0 radical (unpaired) electrons. The molecule has 1 aromatic carbocycles. The molecular weight excluding hydrogens is 194 g/mol. The van der Waals surface area contributed by atoms with Crippen molar-refractivity contribution in [3.8, 4) is 0 Å². The van der Waals surface area contributed by atoms with E-state index >= 15 is 0 Å². The van der Waals surface area contributed by atoms with Crippen LogP contribution >= 0.6 is 0 Å². The van der Waals surface area contributed by atoms with E-state index in [-0.39, 0.29) is 0 Å². The fourth-order valence-corrected chi connectivity index (χ4v) is 2.46. The molecule has 0 aliphatic heterocycles. The van der Waals surface area contributed by atoms with Gasteiger partial charge in [-0.15, -0.1) is 0 Å². The number of hydrogen-bond donors (Lipinski definition) is 0. The molecule has 1 heteroatoms. The van der Waals surface area contributed by atoms with Crippen LogP contribution < -0.4 is 0 Å². The molecule has 1 aromatic rings. The zero-order valence-corrected chi connectivity index (χ0v) is 10.3. The summed E-state index contributed by atoms with van der Waals surface area (Å²) in [5.41, 5.74) is 2.75. The van der Waals surface area contributed by atoms with Crippen LogP contribution in [0.1, 0.15) is 51.1 Å². The predicted molar refractivity (Wildman–Crippen MR) is 69.9 cm³/mol. The van der Waals surface area contributed by atoms with Crippen molar-refractivity contribution in [3.63, 3.8) is 0 Å². The summed E-state index contributed by atoms with van der Waals surface area (Å²) in [7, 11) is 0. The van der Waals surface area contributed by atoms with Gasteiger partial charge < -0.3 is 0 Å². The fourth-order valence-electron chi connectivity index (χ4n) is 2.46. The highest BCUT2D eigenvalue weighted by atomic mass is 14.8. The Kier molecular flexibility index (Phi) is 3.76. The number of nitrogens with zero attached hydrogens (tertiary/aromatic N) is 1. The Labute approximate surface area is 98.6 Å². The van der Waals surface area contributed by atoms with Crippen molar-refractivity contribution in [2.45, 2.75) is 45.6 Å². The van der Waals surface area contributed by atoms with Crippen LogP contribution in [0.15, 0.2) is 35.3 Å². The summed E-state index contributed by atoms with van der Waals surface area (Å²) in [6.45, 7) is 4.53. The van der Waals surface area contributed by atoms with Crippen molar-refractivity contribution in [2.75, 3.05) is 0 Å². The average Bonchev–Trinajstić information content (AvgIpc) is 2.30. The summed E-state index contributed by atoms with van der Waals surface area (Å²) >= 11 is 0. The molecule has 0 saturated heterocycles. The van der Waals surface area contributed by atoms with Crippen LogP contribution in [0.3, 0.4) is 0 Å². The SMILES string of the molecule is C[C@@H]1CCCC(=N[C@@H](C)c2ccccc2)C1. The summed E-state index contributed by atoms with van der Waals surface area (Å²) in [6.07, 6.45) is 5.11. The van der Waals surface area contributed by atoms with Gasteiger partial charge in [-0.3, -0.25) is 4.99 Å². The third kappa shape index (κ3) is 2.94. The normalized spacial score (nSPS) is 25.6. The Morgan fingerprint density at radius 1 is 1.25 bits per heavy atom. The second-order valence-corrected chi connectivity index (χ2v) is 4.98. The Bertz CT molecular complexity index is 353. The second kappa shape index (κ2) is 5.29. The lowest BCUT2D eigenvalue weighted by atomic mass is 9.89. The summed E-state index contributed by atoms with van der Waals surface area (Å²) in [5, 5.41) is 0. The average molecular weight is 215 g/mol. The van der Waals surface area contributed by atoms with Gasteiger partial charge in [0.1, 0.15) is 0 Å². The van der Waals surface area contributed by atoms with E-state index in [0.717, 1.165) is 5.92 Å². The number of aliphatic imine (C=N–C) groups is 1.